The molecule has 4 rings (SSSR count). The maximum Gasteiger partial charge on any atom is 0.234 e. The molecule has 0 N–H and O–H groups in total. The minimum Gasteiger partial charge on any atom is -0.497 e. The van der Waals surface area contributed by atoms with E-state index in [-0.39, 0.29) is 30.2 Å². The average molecular weight is 477 g/mol. The van der Waals surface area contributed by atoms with Crippen molar-refractivity contribution in [3.63, 3.8) is 0 Å². The topological polar surface area (TPSA) is 49.9 Å². The molecule has 2 atom stereocenters. The molecule has 5 nitrogen and oxygen atoms in total. The first kappa shape index (κ1) is 23.8. The van der Waals surface area contributed by atoms with Gasteiger partial charge in [-0.25, -0.2) is 0 Å². The minimum atomic E-state index is -0.327. The van der Waals surface area contributed by atoms with Crippen LogP contribution < -0.4 is 14.5 Å². The van der Waals surface area contributed by atoms with Crippen LogP contribution in [0, 0.1) is 0 Å². The van der Waals surface area contributed by atoms with Crippen LogP contribution in [0.25, 0.3) is 0 Å². The van der Waals surface area contributed by atoms with Crippen LogP contribution in [0.3, 0.4) is 0 Å². The van der Waals surface area contributed by atoms with Crippen LogP contribution in [-0.4, -0.2) is 31.5 Å². The Morgan fingerprint density at radius 1 is 1.03 bits per heavy atom. The van der Waals surface area contributed by atoms with Gasteiger partial charge in [-0.15, -0.1) is 0 Å². The van der Waals surface area contributed by atoms with Gasteiger partial charge < -0.3 is 14.5 Å². The zero-order valence-corrected chi connectivity index (χ0v) is 20.5. The van der Waals surface area contributed by atoms with Crippen molar-refractivity contribution < 1.29 is 14.3 Å². The minimum absolute atomic E-state index is 0.0149. The second-order valence-corrected chi connectivity index (χ2v) is 8.98. The van der Waals surface area contributed by atoms with Crippen LogP contribution in [0.15, 0.2) is 72.8 Å². The lowest BCUT2D eigenvalue weighted by Gasteiger charge is -2.40. The number of hydrogen-bond donors (Lipinski definition) is 0. The van der Waals surface area contributed by atoms with Gasteiger partial charge in [0.15, 0.2) is 0 Å². The van der Waals surface area contributed by atoms with E-state index in [0.29, 0.717) is 18.0 Å². The van der Waals surface area contributed by atoms with E-state index >= 15 is 0 Å². The van der Waals surface area contributed by atoms with Gasteiger partial charge in [-0.05, 0) is 73.9 Å². The molecule has 0 fully saturated rings. The summed E-state index contributed by atoms with van der Waals surface area (Å²) in [7, 11) is 1.62. The highest BCUT2D eigenvalue weighted by molar-refractivity contribution is 6.30. The predicted molar refractivity (Wildman–Crippen MR) is 137 cm³/mol. The fraction of sp³-hybridized carbons (Fsp3) is 0.286. The average Bonchev–Trinajstić information content (AvgIpc) is 2.85. The quantitative estimate of drug-likeness (QED) is 0.448. The van der Waals surface area contributed by atoms with Crippen molar-refractivity contribution >= 4 is 34.8 Å². The zero-order valence-electron chi connectivity index (χ0n) is 19.7. The number of halogens is 1. The molecule has 0 radical (unpaired) electrons. The summed E-state index contributed by atoms with van der Waals surface area (Å²) in [5.41, 5.74) is 3.44. The Morgan fingerprint density at radius 3 is 2.35 bits per heavy atom. The van der Waals surface area contributed by atoms with Crippen molar-refractivity contribution in [2.75, 3.05) is 23.5 Å². The van der Waals surface area contributed by atoms with E-state index < -0.39 is 0 Å². The SMILES string of the molecule is CCN(C(=O)[C@H]1C[C@H](C)N(C(=O)Cc2ccc(OC)cc2)c2ccccc21)c1ccc(Cl)cc1. The van der Waals surface area contributed by atoms with Gasteiger partial charge in [-0.2, -0.15) is 0 Å². The number of benzene rings is 3. The van der Waals surface area contributed by atoms with Crippen molar-refractivity contribution in [3.8, 4) is 5.75 Å². The lowest BCUT2D eigenvalue weighted by Crippen LogP contribution is -2.47. The van der Waals surface area contributed by atoms with Crippen LogP contribution in [0.5, 0.6) is 5.75 Å². The number of para-hydroxylation sites is 1. The molecule has 1 aliphatic rings. The number of carbonyl (C=O) groups excluding carboxylic acids is 2. The van der Waals surface area contributed by atoms with Crippen LogP contribution in [0.1, 0.15) is 37.3 Å². The summed E-state index contributed by atoms with van der Waals surface area (Å²) in [6.45, 7) is 4.53. The van der Waals surface area contributed by atoms with E-state index in [1.54, 1.807) is 24.1 Å². The van der Waals surface area contributed by atoms with E-state index in [9.17, 15) is 9.59 Å². The molecule has 6 heteroatoms. The number of amides is 2. The monoisotopic (exact) mass is 476 g/mol. The molecule has 176 valence electrons. The first-order valence-corrected chi connectivity index (χ1v) is 11.9. The van der Waals surface area contributed by atoms with Crippen molar-refractivity contribution in [2.24, 2.45) is 0 Å². The third-order valence-electron chi connectivity index (χ3n) is 6.39. The largest absolute Gasteiger partial charge is 0.497 e. The van der Waals surface area contributed by atoms with Gasteiger partial charge in [0.1, 0.15) is 5.75 Å². The van der Waals surface area contributed by atoms with E-state index in [2.05, 4.69) is 0 Å². The second-order valence-electron chi connectivity index (χ2n) is 8.54. The molecule has 3 aromatic rings. The third-order valence-corrected chi connectivity index (χ3v) is 6.64. The molecule has 2 amide bonds. The van der Waals surface area contributed by atoms with Gasteiger partial charge in [0, 0.05) is 29.0 Å². The van der Waals surface area contributed by atoms with E-state index in [0.717, 1.165) is 28.3 Å². The summed E-state index contributed by atoms with van der Waals surface area (Å²) in [5.74, 6) is 0.481. The van der Waals surface area contributed by atoms with E-state index in [1.807, 2.05) is 79.4 Å². The number of hydrogen-bond acceptors (Lipinski definition) is 3. The lowest BCUT2D eigenvalue weighted by molar-refractivity contribution is -0.122. The number of ether oxygens (including phenoxy) is 1. The van der Waals surface area contributed by atoms with Crippen LogP contribution >= 0.6 is 11.6 Å². The summed E-state index contributed by atoms with van der Waals surface area (Å²) < 4.78 is 5.22. The molecule has 0 bridgehead atoms. The van der Waals surface area contributed by atoms with Crippen LogP contribution in [-0.2, 0) is 16.0 Å². The highest BCUT2D eigenvalue weighted by Gasteiger charge is 2.38. The fourth-order valence-corrected chi connectivity index (χ4v) is 4.83. The molecule has 34 heavy (non-hydrogen) atoms. The molecule has 0 saturated heterocycles. The summed E-state index contributed by atoms with van der Waals surface area (Å²) in [4.78, 5) is 30.8. The zero-order chi connectivity index (χ0) is 24.2. The number of anilines is 2. The van der Waals surface area contributed by atoms with Gasteiger partial charge in [0.2, 0.25) is 11.8 Å². The Kier molecular flexibility index (Phi) is 7.23. The van der Waals surface area contributed by atoms with Crippen LogP contribution in [0.4, 0.5) is 11.4 Å². The van der Waals surface area contributed by atoms with Crippen molar-refractivity contribution in [3.05, 3.63) is 88.9 Å². The van der Waals surface area contributed by atoms with Gasteiger partial charge >= 0.3 is 0 Å². The standard InChI is InChI=1S/C28H29ClN2O3/c1-4-30(22-13-11-21(29)12-14-22)28(33)25-17-19(2)31(26-8-6-5-7-24(25)26)27(32)18-20-9-15-23(34-3)16-10-20/h5-16,19,25H,4,17-18H2,1-3H3/t19-,25-/m0/s1. The first-order valence-electron chi connectivity index (χ1n) is 11.5. The number of likely N-dealkylation sites (N-methyl/N-ethyl adjacent to an activating group) is 1. The number of nitrogens with zero attached hydrogens (tertiary/aromatic N) is 2. The molecule has 0 saturated carbocycles. The molecule has 0 aliphatic carbocycles. The molecule has 1 aliphatic heterocycles. The Bertz CT molecular complexity index is 1160. The molecule has 3 aromatic carbocycles. The van der Waals surface area contributed by atoms with Gasteiger partial charge in [0.25, 0.3) is 0 Å². The maximum atomic E-state index is 13.7. The number of methoxy groups -OCH3 is 1. The van der Waals surface area contributed by atoms with Crippen LogP contribution in [0.2, 0.25) is 5.02 Å². The predicted octanol–water partition coefficient (Wildman–Crippen LogP) is 5.85. The Labute approximate surface area is 205 Å². The van der Waals surface area contributed by atoms with Gasteiger partial charge in [-0.3, -0.25) is 9.59 Å². The van der Waals surface area contributed by atoms with Crippen molar-refractivity contribution in [2.45, 2.75) is 38.6 Å². The number of carbonyl (C=O) groups is 2. The summed E-state index contributed by atoms with van der Waals surface area (Å²) in [5, 5.41) is 0.634. The number of fused-ring (bicyclic) bond motifs is 1. The fourth-order valence-electron chi connectivity index (χ4n) is 4.70. The highest BCUT2D eigenvalue weighted by Crippen LogP contribution is 2.40. The third kappa shape index (κ3) is 4.80. The normalized spacial score (nSPS) is 17.1. The van der Waals surface area contributed by atoms with Crippen molar-refractivity contribution in [1.29, 1.82) is 0 Å². The lowest BCUT2D eigenvalue weighted by atomic mass is 9.84. The maximum absolute atomic E-state index is 13.7. The molecule has 0 spiro atoms. The van der Waals surface area contributed by atoms with E-state index in [1.165, 1.54) is 0 Å². The van der Waals surface area contributed by atoms with Crippen molar-refractivity contribution in [1.82, 2.24) is 0 Å². The highest BCUT2D eigenvalue weighted by atomic mass is 35.5. The molecule has 1 heterocycles. The van der Waals surface area contributed by atoms with Gasteiger partial charge in [0.05, 0.1) is 19.4 Å². The molecular formula is C28H29ClN2O3. The number of rotatable bonds is 6. The molecule has 0 unspecified atom stereocenters. The summed E-state index contributed by atoms with van der Waals surface area (Å²) in [6.07, 6.45) is 0.849. The Hall–Kier alpha value is -3.31. The molecular weight excluding hydrogens is 448 g/mol. The summed E-state index contributed by atoms with van der Waals surface area (Å²) in [6, 6.07) is 22.5. The van der Waals surface area contributed by atoms with Gasteiger partial charge in [-0.1, -0.05) is 41.9 Å². The Morgan fingerprint density at radius 2 is 1.71 bits per heavy atom. The summed E-state index contributed by atoms with van der Waals surface area (Å²) >= 11 is 6.05. The second kappa shape index (κ2) is 10.3. The molecule has 0 aromatic heterocycles. The van der Waals surface area contributed by atoms with E-state index in [4.69, 9.17) is 16.3 Å². The Balaban J connectivity index is 1.61. The first-order chi connectivity index (χ1) is 16.4. The smallest absolute Gasteiger partial charge is 0.234 e.